The Balaban J connectivity index is 1.30. The zero-order chi connectivity index (χ0) is 19.3. The van der Waals surface area contributed by atoms with Crippen LogP contribution < -0.4 is 15.4 Å². The predicted octanol–water partition coefficient (Wildman–Crippen LogP) is 4.32. The topological polar surface area (TPSA) is 80.3 Å². The van der Waals surface area contributed by atoms with Crippen molar-refractivity contribution >= 4 is 34.5 Å². The monoisotopic (exact) mass is 393 g/mol. The number of rotatable bonds is 7. The maximum atomic E-state index is 12.4. The van der Waals surface area contributed by atoms with Crippen molar-refractivity contribution in [2.45, 2.75) is 19.4 Å². The van der Waals surface area contributed by atoms with Crippen molar-refractivity contribution in [3.8, 4) is 5.75 Å². The summed E-state index contributed by atoms with van der Waals surface area (Å²) in [5, 5.41) is 7.66. The lowest BCUT2D eigenvalue weighted by Crippen LogP contribution is -2.14. The van der Waals surface area contributed by atoms with Gasteiger partial charge in [-0.2, -0.15) is 0 Å². The quantitative estimate of drug-likeness (QED) is 0.626. The van der Waals surface area contributed by atoms with Crippen LogP contribution in [0.2, 0.25) is 0 Å². The molecule has 1 aromatic heterocycles. The van der Waals surface area contributed by atoms with Crippen LogP contribution in [0.4, 0.5) is 11.4 Å². The van der Waals surface area contributed by atoms with Crippen molar-refractivity contribution in [1.82, 2.24) is 4.98 Å². The van der Waals surface area contributed by atoms with E-state index in [2.05, 4.69) is 15.6 Å². The zero-order valence-corrected chi connectivity index (χ0v) is 15.9. The van der Waals surface area contributed by atoms with Gasteiger partial charge in [0, 0.05) is 28.2 Å². The molecule has 28 heavy (non-hydrogen) atoms. The molecule has 0 spiro atoms. The van der Waals surface area contributed by atoms with Gasteiger partial charge in [-0.1, -0.05) is 0 Å². The Morgan fingerprint density at radius 3 is 2.29 bits per heavy atom. The minimum atomic E-state index is -0.208. The number of carbonyl (C=O) groups is 2. The van der Waals surface area contributed by atoms with Gasteiger partial charge in [-0.25, -0.2) is 4.98 Å². The Kier molecular flexibility index (Phi) is 5.34. The summed E-state index contributed by atoms with van der Waals surface area (Å²) in [6, 6.07) is 14.1. The number of amides is 2. The van der Waals surface area contributed by atoms with Crippen LogP contribution >= 0.6 is 11.3 Å². The van der Waals surface area contributed by atoms with Crippen molar-refractivity contribution in [2.75, 3.05) is 10.6 Å². The van der Waals surface area contributed by atoms with E-state index in [9.17, 15) is 9.59 Å². The van der Waals surface area contributed by atoms with E-state index in [0.29, 0.717) is 23.6 Å². The van der Waals surface area contributed by atoms with E-state index in [1.807, 2.05) is 5.38 Å². The van der Waals surface area contributed by atoms with Crippen LogP contribution in [0.5, 0.6) is 5.75 Å². The molecule has 0 aliphatic heterocycles. The predicted molar refractivity (Wildman–Crippen MR) is 109 cm³/mol. The smallest absolute Gasteiger partial charge is 0.255 e. The molecule has 3 aromatic rings. The number of anilines is 2. The van der Waals surface area contributed by atoms with Gasteiger partial charge >= 0.3 is 0 Å². The standard InChI is InChI=1S/C21H19N3O3S/c25-20(14-1-2-14)23-16-5-7-17(8-6-16)24-21(26)15-3-9-19(10-4-15)27-11-18-12-28-13-22-18/h3-10,12-14H,1-2,11H2,(H,23,25)(H,24,26). The van der Waals surface area contributed by atoms with Gasteiger partial charge in [-0.05, 0) is 61.4 Å². The largest absolute Gasteiger partial charge is 0.487 e. The molecule has 1 aliphatic rings. The van der Waals surface area contributed by atoms with Gasteiger partial charge in [0.05, 0.1) is 11.2 Å². The first-order valence-corrected chi connectivity index (χ1v) is 9.94. The minimum absolute atomic E-state index is 0.0638. The fourth-order valence-electron chi connectivity index (χ4n) is 2.60. The first kappa shape index (κ1) is 18.2. The molecule has 2 aromatic carbocycles. The first-order chi connectivity index (χ1) is 13.7. The lowest BCUT2D eigenvalue weighted by molar-refractivity contribution is -0.117. The van der Waals surface area contributed by atoms with Gasteiger partial charge in [-0.15, -0.1) is 11.3 Å². The average Bonchev–Trinajstić information content (AvgIpc) is 3.44. The number of ether oxygens (including phenoxy) is 1. The number of thiazole rings is 1. The zero-order valence-electron chi connectivity index (χ0n) is 15.1. The van der Waals surface area contributed by atoms with E-state index < -0.39 is 0 Å². The summed E-state index contributed by atoms with van der Waals surface area (Å²) < 4.78 is 5.65. The molecular weight excluding hydrogens is 374 g/mol. The van der Waals surface area contributed by atoms with E-state index in [1.165, 1.54) is 11.3 Å². The molecule has 0 atom stereocenters. The molecular formula is C21H19N3O3S. The summed E-state index contributed by atoms with van der Waals surface area (Å²) in [7, 11) is 0. The molecule has 142 valence electrons. The van der Waals surface area contributed by atoms with Gasteiger partial charge in [0.1, 0.15) is 12.4 Å². The number of carbonyl (C=O) groups excluding carboxylic acids is 2. The fraction of sp³-hybridized carbons (Fsp3) is 0.190. The van der Waals surface area contributed by atoms with E-state index in [0.717, 1.165) is 24.2 Å². The maximum absolute atomic E-state index is 12.4. The number of nitrogens with one attached hydrogen (secondary N) is 2. The summed E-state index contributed by atoms with van der Waals surface area (Å²) >= 11 is 1.52. The second-order valence-corrected chi connectivity index (χ2v) is 7.31. The summed E-state index contributed by atoms with van der Waals surface area (Å²) in [5.74, 6) is 0.697. The van der Waals surface area contributed by atoms with Crippen molar-refractivity contribution in [1.29, 1.82) is 0 Å². The molecule has 1 saturated carbocycles. The van der Waals surface area contributed by atoms with Crippen LogP contribution in [-0.4, -0.2) is 16.8 Å². The maximum Gasteiger partial charge on any atom is 0.255 e. The van der Waals surface area contributed by atoms with Crippen LogP contribution in [0.3, 0.4) is 0 Å². The van der Waals surface area contributed by atoms with E-state index in [-0.39, 0.29) is 17.7 Å². The SMILES string of the molecule is O=C(Nc1ccc(NC(=O)C2CC2)cc1)c1ccc(OCc2cscn2)cc1. The van der Waals surface area contributed by atoms with Gasteiger partial charge in [-0.3, -0.25) is 9.59 Å². The third-order valence-electron chi connectivity index (χ3n) is 4.35. The Labute approximate surface area is 166 Å². The third-order valence-corrected chi connectivity index (χ3v) is 4.98. The number of hydrogen-bond acceptors (Lipinski definition) is 5. The highest BCUT2D eigenvalue weighted by Crippen LogP contribution is 2.30. The summed E-state index contributed by atoms with van der Waals surface area (Å²) in [4.78, 5) is 28.3. The van der Waals surface area contributed by atoms with Crippen molar-refractivity contribution in [2.24, 2.45) is 5.92 Å². The summed E-state index contributed by atoms with van der Waals surface area (Å²) in [6.07, 6.45) is 1.93. The summed E-state index contributed by atoms with van der Waals surface area (Å²) in [5.41, 5.74) is 4.57. The molecule has 0 radical (unpaired) electrons. The Hall–Kier alpha value is -3.19. The number of nitrogens with zero attached hydrogens (tertiary/aromatic N) is 1. The van der Waals surface area contributed by atoms with Crippen LogP contribution in [0.15, 0.2) is 59.4 Å². The molecule has 2 amide bonds. The number of aromatic nitrogens is 1. The van der Waals surface area contributed by atoms with Crippen LogP contribution in [0.25, 0.3) is 0 Å². The molecule has 1 fully saturated rings. The van der Waals surface area contributed by atoms with Crippen LogP contribution in [-0.2, 0) is 11.4 Å². The van der Waals surface area contributed by atoms with E-state index >= 15 is 0 Å². The van der Waals surface area contributed by atoms with Crippen molar-refractivity contribution in [3.05, 3.63) is 70.7 Å². The molecule has 2 N–H and O–H groups in total. The van der Waals surface area contributed by atoms with Crippen molar-refractivity contribution in [3.63, 3.8) is 0 Å². The Bertz CT molecular complexity index is 950. The van der Waals surface area contributed by atoms with Gasteiger partial charge in [0.15, 0.2) is 0 Å². The molecule has 0 saturated heterocycles. The van der Waals surface area contributed by atoms with E-state index in [4.69, 9.17) is 4.74 Å². The number of benzene rings is 2. The van der Waals surface area contributed by atoms with Gasteiger partial charge < -0.3 is 15.4 Å². The van der Waals surface area contributed by atoms with E-state index in [1.54, 1.807) is 54.0 Å². The molecule has 6 nitrogen and oxygen atoms in total. The number of hydrogen-bond donors (Lipinski definition) is 2. The second-order valence-electron chi connectivity index (χ2n) is 6.59. The molecule has 0 unspecified atom stereocenters. The normalized spacial score (nSPS) is 13.0. The molecule has 7 heteroatoms. The van der Waals surface area contributed by atoms with Crippen molar-refractivity contribution < 1.29 is 14.3 Å². The lowest BCUT2D eigenvalue weighted by atomic mass is 10.2. The summed E-state index contributed by atoms with van der Waals surface area (Å²) in [6.45, 7) is 0.401. The second kappa shape index (κ2) is 8.22. The highest BCUT2D eigenvalue weighted by molar-refractivity contribution is 7.07. The Morgan fingerprint density at radius 1 is 1.00 bits per heavy atom. The minimum Gasteiger partial charge on any atom is -0.487 e. The average molecular weight is 393 g/mol. The molecule has 1 aliphatic carbocycles. The molecule has 4 rings (SSSR count). The fourth-order valence-corrected chi connectivity index (χ4v) is 3.14. The first-order valence-electron chi connectivity index (χ1n) is 8.99. The third kappa shape index (κ3) is 4.75. The van der Waals surface area contributed by atoms with Crippen LogP contribution in [0, 0.1) is 5.92 Å². The molecule has 1 heterocycles. The van der Waals surface area contributed by atoms with Gasteiger partial charge in [0.25, 0.3) is 5.91 Å². The highest BCUT2D eigenvalue weighted by atomic mass is 32.1. The molecule has 0 bridgehead atoms. The lowest BCUT2D eigenvalue weighted by Gasteiger charge is -2.09. The van der Waals surface area contributed by atoms with Crippen LogP contribution in [0.1, 0.15) is 28.9 Å². The van der Waals surface area contributed by atoms with Gasteiger partial charge in [0.2, 0.25) is 5.91 Å². The highest BCUT2D eigenvalue weighted by Gasteiger charge is 2.29. The Morgan fingerprint density at radius 2 is 1.68 bits per heavy atom.